The normalized spacial score (nSPS) is 11.8. The Balaban J connectivity index is 1.70. The third-order valence-corrected chi connectivity index (χ3v) is 8.71. The fourth-order valence-electron chi connectivity index (χ4n) is 4.66. The summed E-state index contributed by atoms with van der Waals surface area (Å²) in [6, 6.07) is 30.7. The smallest absolute Gasteiger partial charge is 0.264 e. The van der Waals surface area contributed by atoms with E-state index in [4.69, 9.17) is 4.74 Å². The Hall–Kier alpha value is -4.63. The van der Waals surface area contributed by atoms with Crippen LogP contribution in [-0.2, 0) is 26.2 Å². The van der Waals surface area contributed by atoms with Gasteiger partial charge in [-0.25, -0.2) is 8.42 Å². The Kier molecular flexibility index (Phi) is 10.6. The average Bonchev–Trinajstić information content (AvgIpc) is 3.02. The Morgan fingerprint density at radius 3 is 1.95 bits per heavy atom. The number of nitrogens with one attached hydrogen (secondary N) is 1. The van der Waals surface area contributed by atoms with Gasteiger partial charge in [0.25, 0.3) is 10.0 Å². The number of likely N-dealkylation sites (N-methyl/N-ethyl adjacent to an activating group) is 1. The van der Waals surface area contributed by atoms with Crippen molar-refractivity contribution >= 4 is 27.5 Å². The minimum Gasteiger partial charge on any atom is -0.457 e. The molecule has 0 saturated heterocycles. The molecule has 2 amide bonds. The molecule has 8 nitrogen and oxygen atoms in total. The molecule has 224 valence electrons. The van der Waals surface area contributed by atoms with Crippen LogP contribution in [0.3, 0.4) is 0 Å². The summed E-state index contributed by atoms with van der Waals surface area (Å²) < 4.78 is 34.9. The molecule has 1 N–H and O–H groups in total. The molecular formula is C34H37N3O5S. The summed E-state index contributed by atoms with van der Waals surface area (Å²) in [6.07, 6.45) is 0.361. The van der Waals surface area contributed by atoms with Crippen LogP contribution in [0.1, 0.15) is 31.4 Å². The summed E-state index contributed by atoms with van der Waals surface area (Å²) in [7, 11) is -4.15. The highest BCUT2D eigenvalue weighted by Crippen LogP contribution is 2.28. The van der Waals surface area contributed by atoms with Crippen molar-refractivity contribution in [1.82, 2.24) is 10.2 Å². The zero-order chi connectivity index (χ0) is 30.8. The first-order valence-corrected chi connectivity index (χ1v) is 15.7. The Bertz CT molecular complexity index is 1590. The molecule has 0 aliphatic heterocycles. The van der Waals surface area contributed by atoms with Gasteiger partial charge in [-0.2, -0.15) is 0 Å². The van der Waals surface area contributed by atoms with Crippen LogP contribution in [-0.4, -0.2) is 44.3 Å². The predicted molar refractivity (Wildman–Crippen MR) is 168 cm³/mol. The van der Waals surface area contributed by atoms with E-state index in [1.165, 1.54) is 17.0 Å². The number of benzene rings is 4. The molecule has 0 radical (unpaired) electrons. The van der Waals surface area contributed by atoms with E-state index in [9.17, 15) is 18.0 Å². The molecule has 4 aromatic rings. The van der Waals surface area contributed by atoms with Gasteiger partial charge in [-0.1, -0.05) is 73.2 Å². The number of carbonyl (C=O) groups is 2. The molecule has 1 atom stereocenters. The van der Waals surface area contributed by atoms with Gasteiger partial charge in [0.15, 0.2) is 0 Å². The number of aryl methyl sites for hydroxylation is 1. The summed E-state index contributed by atoms with van der Waals surface area (Å²) in [5.41, 5.74) is 2.19. The molecule has 0 saturated carbocycles. The maximum absolute atomic E-state index is 14.1. The predicted octanol–water partition coefficient (Wildman–Crippen LogP) is 5.93. The standard InChI is InChI=1S/C34H37N3O5S/c1-4-32(34(39)35-5-2)36(24-27-18-16-26(3)17-19-27)33(38)25-37(43(40,41)31-14-10-7-11-15-31)28-20-22-30(23-21-28)42-29-12-8-6-9-13-29/h6-23,32H,4-5,24-25H2,1-3H3,(H,35,39). The van der Waals surface area contributed by atoms with Crippen molar-refractivity contribution in [2.24, 2.45) is 0 Å². The monoisotopic (exact) mass is 599 g/mol. The van der Waals surface area contributed by atoms with Crippen molar-refractivity contribution < 1.29 is 22.7 Å². The number of rotatable bonds is 13. The van der Waals surface area contributed by atoms with Crippen LogP contribution in [0.4, 0.5) is 5.69 Å². The molecule has 4 rings (SSSR count). The molecule has 43 heavy (non-hydrogen) atoms. The number of anilines is 1. The number of para-hydroxylation sites is 1. The lowest BCUT2D eigenvalue weighted by Crippen LogP contribution is -2.52. The summed E-state index contributed by atoms with van der Waals surface area (Å²) in [5, 5.41) is 2.82. The lowest BCUT2D eigenvalue weighted by atomic mass is 10.1. The van der Waals surface area contributed by atoms with Gasteiger partial charge in [-0.15, -0.1) is 0 Å². The van der Waals surface area contributed by atoms with Gasteiger partial charge in [-0.05, 0) is 74.4 Å². The largest absolute Gasteiger partial charge is 0.457 e. The Morgan fingerprint density at radius 1 is 0.791 bits per heavy atom. The number of ether oxygens (including phenoxy) is 1. The minimum atomic E-state index is -4.15. The van der Waals surface area contributed by atoms with E-state index in [2.05, 4.69) is 5.32 Å². The maximum atomic E-state index is 14.1. The van der Waals surface area contributed by atoms with Crippen LogP contribution in [0.5, 0.6) is 11.5 Å². The van der Waals surface area contributed by atoms with Crippen LogP contribution in [0.25, 0.3) is 0 Å². The molecule has 0 aromatic heterocycles. The number of nitrogens with zero attached hydrogens (tertiary/aromatic N) is 2. The third-order valence-electron chi connectivity index (χ3n) is 6.92. The lowest BCUT2D eigenvalue weighted by molar-refractivity contribution is -0.140. The summed E-state index contributed by atoms with van der Waals surface area (Å²) in [5.74, 6) is 0.372. The van der Waals surface area contributed by atoms with E-state index in [1.807, 2.05) is 75.4 Å². The molecule has 0 aliphatic rings. The first-order valence-electron chi connectivity index (χ1n) is 14.3. The molecule has 0 spiro atoms. The van der Waals surface area contributed by atoms with E-state index in [0.29, 0.717) is 30.2 Å². The van der Waals surface area contributed by atoms with Crippen molar-refractivity contribution in [1.29, 1.82) is 0 Å². The second kappa shape index (κ2) is 14.5. The topological polar surface area (TPSA) is 96.0 Å². The molecular weight excluding hydrogens is 562 g/mol. The van der Waals surface area contributed by atoms with Gasteiger partial charge >= 0.3 is 0 Å². The van der Waals surface area contributed by atoms with E-state index < -0.39 is 28.5 Å². The molecule has 1 unspecified atom stereocenters. The van der Waals surface area contributed by atoms with E-state index in [0.717, 1.165) is 15.4 Å². The third kappa shape index (κ3) is 8.02. The number of amides is 2. The van der Waals surface area contributed by atoms with Crippen LogP contribution in [0.15, 0.2) is 114 Å². The van der Waals surface area contributed by atoms with Crippen LogP contribution < -0.4 is 14.4 Å². The van der Waals surface area contributed by atoms with Gasteiger partial charge in [0.2, 0.25) is 11.8 Å². The Morgan fingerprint density at radius 2 is 1.37 bits per heavy atom. The second-order valence-corrected chi connectivity index (χ2v) is 11.9. The van der Waals surface area contributed by atoms with Crippen molar-refractivity contribution in [2.45, 2.75) is 44.7 Å². The lowest BCUT2D eigenvalue weighted by Gasteiger charge is -2.33. The highest BCUT2D eigenvalue weighted by atomic mass is 32.2. The van der Waals surface area contributed by atoms with E-state index in [-0.39, 0.29) is 17.3 Å². The number of hydrogen-bond donors (Lipinski definition) is 1. The fourth-order valence-corrected chi connectivity index (χ4v) is 6.09. The van der Waals surface area contributed by atoms with E-state index >= 15 is 0 Å². The second-order valence-electron chi connectivity index (χ2n) is 10.1. The molecule has 0 fully saturated rings. The van der Waals surface area contributed by atoms with Gasteiger partial charge in [0.1, 0.15) is 24.1 Å². The first-order chi connectivity index (χ1) is 20.7. The van der Waals surface area contributed by atoms with E-state index in [1.54, 1.807) is 42.5 Å². The van der Waals surface area contributed by atoms with Crippen LogP contribution >= 0.6 is 0 Å². The van der Waals surface area contributed by atoms with Crippen molar-refractivity contribution in [3.8, 4) is 11.5 Å². The molecule has 0 aliphatic carbocycles. The molecule has 4 aromatic carbocycles. The highest BCUT2D eigenvalue weighted by Gasteiger charge is 2.33. The summed E-state index contributed by atoms with van der Waals surface area (Å²) in [4.78, 5) is 28.7. The summed E-state index contributed by atoms with van der Waals surface area (Å²) in [6.45, 7) is 5.68. The average molecular weight is 600 g/mol. The van der Waals surface area contributed by atoms with Crippen molar-refractivity contribution in [3.63, 3.8) is 0 Å². The highest BCUT2D eigenvalue weighted by molar-refractivity contribution is 7.92. The summed E-state index contributed by atoms with van der Waals surface area (Å²) >= 11 is 0. The Labute approximate surface area is 254 Å². The molecule has 0 heterocycles. The van der Waals surface area contributed by atoms with Crippen LogP contribution in [0, 0.1) is 6.92 Å². The quantitative estimate of drug-likeness (QED) is 0.206. The van der Waals surface area contributed by atoms with Gasteiger partial charge in [0, 0.05) is 13.1 Å². The minimum absolute atomic E-state index is 0.0493. The van der Waals surface area contributed by atoms with Gasteiger partial charge in [-0.3, -0.25) is 13.9 Å². The molecule has 0 bridgehead atoms. The van der Waals surface area contributed by atoms with Crippen LogP contribution in [0.2, 0.25) is 0 Å². The van der Waals surface area contributed by atoms with Crippen molar-refractivity contribution in [2.75, 3.05) is 17.4 Å². The number of hydrogen-bond acceptors (Lipinski definition) is 5. The van der Waals surface area contributed by atoms with Crippen molar-refractivity contribution in [3.05, 3.63) is 120 Å². The van der Waals surface area contributed by atoms with Gasteiger partial charge < -0.3 is 15.0 Å². The zero-order valence-electron chi connectivity index (χ0n) is 24.6. The molecule has 9 heteroatoms. The maximum Gasteiger partial charge on any atom is 0.264 e. The number of sulfonamides is 1. The first kappa shape index (κ1) is 31.3. The SMILES string of the molecule is CCNC(=O)C(CC)N(Cc1ccc(C)cc1)C(=O)CN(c1ccc(Oc2ccccc2)cc1)S(=O)(=O)c1ccccc1. The number of carbonyl (C=O) groups excluding carboxylic acids is 2. The van der Waals surface area contributed by atoms with Gasteiger partial charge in [0.05, 0.1) is 10.6 Å². The zero-order valence-corrected chi connectivity index (χ0v) is 25.5. The fraction of sp³-hybridized carbons (Fsp3) is 0.235.